The van der Waals surface area contributed by atoms with E-state index in [0.29, 0.717) is 5.75 Å². The first kappa shape index (κ1) is 26.7. The Bertz CT molecular complexity index is 952. The fraction of sp³-hybridized carbons (Fsp3) is 0.423. The Morgan fingerprint density at radius 1 is 0.912 bits per heavy atom. The number of carbonyl (C=O) groups is 3. The van der Waals surface area contributed by atoms with Crippen LogP contribution in [0.2, 0.25) is 0 Å². The van der Waals surface area contributed by atoms with Gasteiger partial charge in [-0.3, -0.25) is 4.79 Å². The van der Waals surface area contributed by atoms with E-state index in [1.165, 1.54) is 0 Å². The van der Waals surface area contributed by atoms with Crippen molar-refractivity contribution in [1.82, 2.24) is 10.6 Å². The average Bonchev–Trinajstić information content (AvgIpc) is 2.76. The molecular formula is C26H34N2O6. The van der Waals surface area contributed by atoms with Gasteiger partial charge >= 0.3 is 12.1 Å². The predicted octanol–water partition coefficient (Wildman–Crippen LogP) is 3.93. The van der Waals surface area contributed by atoms with Gasteiger partial charge in [0.2, 0.25) is 5.91 Å². The Balaban J connectivity index is 1.98. The zero-order chi connectivity index (χ0) is 25.3. The minimum atomic E-state index is -1.17. The van der Waals surface area contributed by atoms with E-state index in [4.69, 9.17) is 9.47 Å². The van der Waals surface area contributed by atoms with Gasteiger partial charge in [-0.25, -0.2) is 9.59 Å². The lowest BCUT2D eigenvalue weighted by Crippen LogP contribution is -2.54. The van der Waals surface area contributed by atoms with Crippen LogP contribution < -0.4 is 15.4 Å². The number of carboxylic acid groups (broad SMARTS) is 1. The standard InChI is InChI=1S/C26H34N2O6/c1-17(2)22(28-25(32)33-16-19-9-7-6-8-10-19)23(29)27-21(24(30)31)15-18-11-13-20(14-12-18)34-26(3,4)5/h6-14,17,21-22H,15-16H2,1-5H3,(H,27,29)(H,28,32)(H,30,31)/t21-,22-/m0/s1. The zero-order valence-electron chi connectivity index (χ0n) is 20.3. The Labute approximate surface area is 200 Å². The van der Waals surface area contributed by atoms with Gasteiger partial charge < -0.3 is 25.2 Å². The van der Waals surface area contributed by atoms with Crippen LogP contribution >= 0.6 is 0 Å². The number of alkyl carbamates (subject to hydrolysis) is 1. The van der Waals surface area contributed by atoms with Crippen LogP contribution in [-0.2, 0) is 27.4 Å². The highest BCUT2D eigenvalue weighted by Gasteiger charge is 2.29. The SMILES string of the molecule is CC(C)[C@H](NC(=O)OCc1ccccc1)C(=O)N[C@@H](Cc1ccc(OC(C)(C)C)cc1)C(=O)O. The Kier molecular flexibility index (Phi) is 9.47. The number of amides is 2. The van der Waals surface area contributed by atoms with Gasteiger partial charge in [0.05, 0.1) is 0 Å². The van der Waals surface area contributed by atoms with Crippen molar-refractivity contribution in [3.05, 3.63) is 65.7 Å². The Hall–Kier alpha value is -3.55. The van der Waals surface area contributed by atoms with Gasteiger partial charge in [-0.15, -0.1) is 0 Å². The summed E-state index contributed by atoms with van der Waals surface area (Å²) in [5.41, 5.74) is 1.19. The first-order valence-corrected chi connectivity index (χ1v) is 11.2. The molecule has 2 atom stereocenters. The monoisotopic (exact) mass is 470 g/mol. The summed E-state index contributed by atoms with van der Waals surface area (Å²) in [6.45, 7) is 9.39. The lowest BCUT2D eigenvalue weighted by atomic mass is 10.0. The summed E-state index contributed by atoms with van der Waals surface area (Å²) in [6, 6.07) is 14.1. The van der Waals surface area contributed by atoms with Gasteiger partial charge in [0.15, 0.2) is 0 Å². The van der Waals surface area contributed by atoms with Gasteiger partial charge in [0, 0.05) is 6.42 Å². The fourth-order valence-electron chi connectivity index (χ4n) is 3.17. The quantitative estimate of drug-likeness (QED) is 0.485. The van der Waals surface area contributed by atoms with Gasteiger partial charge in [-0.05, 0) is 49.9 Å². The summed E-state index contributed by atoms with van der Waals surface area (Å²) in [7, 11) is 0. The van der Waals surface area contributed by atoms with E-state index in [-0.39, 0.29) is 24.5 Å². The Morgan fingerprint density at radius 3 is 2.06 bits per heavy atom. The molecule has 2 amide bonds. The molecule has 0 aliphatic rings. The summed E-state index contributed by atoms with van der Waals surface area (Å²) in [5, 5.41) is 14.7. The maximum absolute atomic E-state index is 12.8. The largest absolute Gasteiger partial charge is 0.488 e. The summed E-state index contributed by atoms with van der Waals surface area (Å²) >= 11 is 0. The highest BCUT2D eigenvalue weighted by molar-refractivity contribution is 5.89. The molecule has 0 spiro atoms. The van der Waals surface area contributed by atoms with Crippen LogP contribution in [0.3, 0.4) is 0 Å². The van der Waals surface area contributed by atoms with Crippen LogP contribution in [0.4, 0.5) is 4.79 Å². The molecule has 0 bridgehead atoms. The van der Waals surface area contributed by atoms with Crippen molar-refractivity contribution in [3.8, 4) is 5.75 Å². The topological polar surface area (TPSA) is 114 Å². The van der Waals surface area contributed by atoms with Crippen molar-refractivity contribution in [2.24, 2.45) is 5.92 Å². The highest BCUT2D eigenvalue weighted by atomic mass is 16.5. The van der Waals surface area contributed by atoms with Gasteiger partial charge in [0.25, 0.3) is 0 Å². The molecule has 3 N–H and O–H groups in total. The third-order valence-electron chi connectivity index (χ3n) is 4.84. The molecule has 0 aliphatic carbocycles. The molecular weight excluding hydrogens is 436 g/mol. The minimum Gasteiger partial charge on any atom is -0.488 e. The second kappa shape index (κ2) is 12.1. The predicted molar refractivity (Wildman–Crippen MR) is 128 cm³/mol. The lowest BCUT2D eigenvalue weighted by Gasteiger charge is -2.24. The molecule has 2 aromatic rings. The third kappa shape index (κ3) is 9.13. The van der Waals surface area contributed by atoms with Crippen LogP contribution in [0.25, 0.3) is 0 Å². The molecule has 0 aromatic heterocycles. The number of hydrogen-bond acceptors (Lipinski definition) is 5. The summed E-state index contributed by atoms with van der Waals surface area (Å²) in [6.07, 6.45) is -0.667. The van der Waals surface area contributed by atoms with E-state index >= 15 is 0 Å². The molecule has 0 saturated heterocycles. The summed E-state index contributed by atoms with van der Waals surface area (Å²) in [5.74, 6) is -1.37. The second-order valence-electron chi connectivity index (χ2n) is 9.39. The molecule has 8 nitrogen and oxygen atoms in total. The van der Waals surface area contributed by atoms with Crippen LogP contribution in [0.1, 0.15) is 45.7 Å². The van der Waals surface area contributed by atoms with E-state index in [2.05, 4.69) is 10.6 Å². The van der Waals surface area contributed by atoms with E-state index in [0.717, 1.165) is 11.1 Å². The number of ether oxygens (including phenoxy) is 2. The molecule has 2 aromatic carbocycles. The number of rotatable bonds is 10. The average molecular weight is 471 g/mol. The molecule has 34 heavy (non-hydrogen) atoms. The van der Waals surface area contributed by atoms with E-state index in [9.17, 15) is 19.5 Å². The van der Waals surface area contributed by atoms with E-state index in [1.54, 1.807) is 38.1 Å². The van der Waals surface area contributed by atoms with Crippen molar-refractivity contribution in [2.75, 3.05) is 0 Å². The molecule has 2 rings (SSSR count). The van der Waals surface area contributed by atoms with Gasteiger partial charge in [-0.2, -0.15) is 0 Å². The number of carboxylic acids is 1. The normalized spacial score (nSPS) is 13.0. The molecule has 0 saturated carbocycles. The molecule has 8 heteroatoms. The highest BCUT2D eigenvalue weighted by Crippen LogP contribution is 2.19. The van der Waals surface area contributed by atoms with Crippen molar-refractivity contribution in [2.45, 2.75) is 65.3 Å². The first-order valence-electron chi connectivity index (χ1n) is 11.2. The lowest BCUT2D eigenvalue weighted by molar-refractivity contribution is -0.142. The van der Waals surface area contributed by atoms with Crippen molar-refractivity contribution in [1.29, 1.82) is 0 Å². The maximum Gasteiger partial charge on any atom is 0.408 e. The van der Waals surface area contributed by atoms with Crippen LogP contribution in [-0.4, -0.2) is 40.8 Å². The second-order valence-corrected chi connectivity index (χ2v) is 9.39. The smallest absolute Gasteiger partial charge is 0.408 e. The van der Waals surface area contributed by atoms with Crippen molar-refractivity contribution >= 4 is 18.0 Å². The summed E-state index contributed by atoms with van der Waals surface area (Å²) in [4.78, 5) is 36.9. The van der Waals surface area contributed by atoms with Crippen LogP contribution in [0.15, 0.2) is 54.6 Å². The van der Waals surface area contributed by atoms with Crippen molar-refractivity contribution in [3.63, 3.8) is 0 Å². The zero-order valence-corrected chi connectivity index (χ0v) is 20.3. The number of nitrogens with one attached hydrogen (secondary N) is 2. The Morgan fingerprint density at radius 2 is 1.53 bits per heavy atom. The number of hydrogen-bond donors (Lipinski definition) is 3. The van der Waals surface area contributed by atoms with Crippen molar-refractivity contribution < 1.29 is 29.0 Å². The fourth-order valence-corrected chi connectivity index (χ4v) is 3.17. The number of aliphatic carboxylic acids is 1. The van der Waals surface area contributed by atoms with E-state index < -0.39 is 30.1 Å². The van der Waals surface area contributed by atoms with E-state index in [1.807, 2.05) is 51.1 Å². The van der Waals surface area contributed by atoms with Gasteiger partial charge in [0.1, 0.15) is 30.0 Å². The molecule has 0 fully saturated rings. The molecule has 0 aliphatic heterocycles. The molecule has 0 unspecified atom stereocenters. The molecule has 0 heterocycles. The maximum atomic E-state index is 12.8. The third-order valence-corrected chi connectivity index (χ3v) is 4.84. The van der Waals surface area contributed by atoms with Gasteiger partial charge in [-0.1, -0.05) is 56.3 Å². The minimum absolute atomic E-state index is 0.0613. The van der Waals surface area contributed by atoms with Crippen LogP contribution in [0, 0.1) is 5.92 Å². The number of carbonyl (C=O) groups excluding carboxylic acids is 2. The molecule has 184 valence electrons. The van der Waals surface area contributed by atoms with Crippen LogP contribution in [0.5, 0.6) is 5.75 Å². The number of benzene rings is 2. The first-order chi connectivity index (χ1) is 15.9. The summed E-state index contributed by atoms with van der Waals surface area (Å²) < 4.78 is 11.0. The molecule has 0 radical (unpaired) electrons.